The van der Waals surface area contributed by atoms with Crippen LogP contribution in [0.5, 0.6) is 11.5 Å². The first kappa shape index (κ1) is 11.0. The molecule has 0 radical (unpaired) electrons. The maximum absolute atomic E-state index is 9.50. The van der Waals surface area contributed by atoms with E-state index in [0.717, 1.165) is 22.2 Å². The summed E-state index contributed by atoms with van der Waals surface area (Å²) in [4.78, 5) is 0. The molecule has 0 amide bonds. The topological polar surface area (TPSA) is 72.5 Å². The molecule has 2 heterocycles. The van der Waals surface area contributed by atoms with Gasteiger partial charge in [0.05, 0.1) is 18.1 Å². The summed E-state index contributed by atoms with van der Waals surface area (Å²) in [5.74, 6) is 0.903. The van der Waals surface area contributed by atoms with Crippen LogP contribution in [0.25, 0.3) is 27.6 Å². The summed E-state index contributed by atoms with van der Waals surface area (Å²) in [5.41, 5.74) is 2.86. The third kappa shape index (κ3) is 1.41. The Hall–Kier alpha value is -2.89. The lowest BCUT2D eigenvalue weighted by Crippen LogP contribution is -1.95. The van der Waals surface area contributed by atoms with Crippen molar-refractivity contribution >= 4 is 27.6 Å². The van der Waals surface area contributed by atoms with Crippen LogP contribution in [0.4, 0.5) is 0 Å². The van der Waals surface area contributed by atoms with E-state index in [2.05, 4.69) is 15.3 Å². The summed E-state index contributed by atoms with van der Waals surface area (Å²) >= 11 is 0. The predicted molar refractivity (Wildman–Crippen MR) is 74.0 cm³/mol. The van der Waals surface area contributed by atoms with E-state index in [1.165, 1.54) is 0 Å². The molecule has 0 aliphatic rings. The van der Waals surface area contributed by atoms with Gasteiger partial charge in [-0.3, -0.25) is 0 Å². The first-order valence-electron chi connectivity index (χ1n) is 6.08. The molecule has 6 nitrogen and oxygen atoms in total. The van der Waals surface area contributed by atoms with E-state index < -0.39 is 0 Å². The summed E-state index contributed by atoms with van der Waals surface area (Å²) < 4.78 is 6.93. The van der Waals surface area contributed by atoms with Crippen LogP contribution in [0, 0.1) is 0 Å². The molecule has 2 aromatic carbocycles. The zero-order valence-corrected chi connectivity index (χ0v) is 10.6. The zero-order valence-electron chi connectivity index (χ0n) is 10.6. The Labute approximate surface area is 113 Å². The number of aromatic hydroxyl groups is 1. The second kappa shape index (κ2) is 3.80. The van der Waals surface area contributed by atoms with Crippen molar-refractivity contribution in [2.24, 2.45) is 0 Å². The van der Waals surface area contributed by atoms with Gasteiger partial charge in [-0.25, -0.2) is 4.52 Å². The summed E-state index contributed by atoms with van der Waals surface area (Å²) in [5, 5.41) is 23.3. The van der Waals surface area contributed by atoms with Crippen molar-refractivity contribution in [2.75, 3.05) is 7.11 Å². The quantitative estimate of drug-likeness (QED) is 0.571. The monoisotopic (exact) mass is 266 g/mol. The number of phenolic OH excluding ortho intramolecular Hbond substituents is 1. The van der Waals surface area contributed by atoms with E-state index in [9.17, 15) is 5.11 Å². The lowest BCUT2D eigenvalue weighted by atomic mass is 10.2. The number of benzene rings is 2. The van der Waals surface area contributed by atoms with Gasteiger partial charge >= 0.3 is 0 Å². The maximum Gasteiger partial charge on any atom is 0.185 e. The van der Waals surface area contributed by atoms with Gasteiger partial charge < -0.3 is 9.84 Å². The van der Waals surface area contributed by atoms with Gasteiger partial charge in [0, 0.05) is 17.5 Å². The molecule has 0 fully saturated rings. The maximum atomic E-state index is 9.50. The van der Waals surface area contributed by atoms with Crippen molar-refractivity contribution in [2.45, 2.75) is 0 Å². The van der Waals surface area contributed by atoms with E-state index in [1.807, 2.05) is 18.2 Å². The molecule has 4 aromatic rings. The van der Waals surface area contributed by atoms with Crippen molar-refractivity contribution in [3.8, 4) is 11.5 Å². The second-order valence-corrected chi connectivity index (χ2v) is 4.49. The van der Waals surface area contributed by atoms with E-state index >= 15 is 0 Å². The van der Waals surface area contributed by atoms with Gasteiger partial charge in [0.25, 0.3) is 0 Å². The molecule has 0 aliphatic carbocycles. The molecular formula is C14H10N4O2. The molecule has 0 saturated heterocycles. The molecule has 0 bridgehead atoms. The fourth-order valence-electron chi connectivity index (χ4n) is 2.32. The Bertz CT molecular complexity index is 962. The van der Waals surface area contributed by atoms with Crippen LogP contribution in [0.15, 0.2) is 36.4 Å². The molecule has 4 rings (SSSR count). The molecule has 20 heavy (non-hydrogen) atoms. The predicted octanol–water partition coefficient (Wildman–Crippen LogP) is 2.14. The molecule has 2 aromatic heterocycles. The van der Waals surface area contributed by atoms with E-state index in [1.54, 1.807) is 29.8 Å². The Morgan fingerprint density at radius 2 is 1.95 bits per heavy atom. The number of rotatable bonds is 1. The van der Waals surface area contributed by atoms with Crippen molar-refractivity contribution in [3.05, 3.63) is 36.4 Å². The smallest absolute Gasteiger partial charge is 0.185 e. The summed E-state index contributed by atoms with van der Waals surface area (Å²) in [7, 11) is 1.62. The van der Waals surface area contributed by atoms with Crippen LogP contribution in [0.1, 0.15) is 0 Å². The van der Waals surface area contributed by atoms with Crippen LogP contribution in [0.2, 0.25) is 0 Å². The molecular weight excluding hydrogens is 256 g/mol. The fourth-order valence-corrected chi connectivity index (χ4v) is 2.32. The second-order valence-electron chi connectivity index (χ2n) is 4.49. The third-order valence-electron chi connectivity index (χ3n) is 3.29. The highest BCUT2D eigenvalue weighted by Gasteiger charge is 2.11. The number of nitrogens with zero attached hydrogens (tertiary/aromatic N) is 4. The Kier molecular flexibility index (Phi) is 2.09. The number of fused-ring (bicyclic) bond motifs is 5. The van der Waals surface area contributed by atoms with Crippen molar-refractivity contribution in [1.82, 2.24) is 19.8 Å². The van der Waals surface area contributed by atoms with E-state index in [-0.39, 0.29) is 5.75 Å². The number of hydrogen-bond acceptors (Lipinski definition) is 5. The Morgan fingerprint density at radius 3 is 2.80 bits per heavy atom. The molecule has 0 aliphatic heterocycles. The van der Waals surface area contributed by atoms with E-state index in [0.29, 0.717) is 11.2 Å². The zero-order chi connectivity index (χ0) is 13.7. The van der Waals surface area contributed by atoms with E-state index in [4.69, 9.17) is 4.74 Å². The first-order chi connectivity index (χ1) is 9.76. The highest BCUT2D eigenvalue weighted by molar-refractivity contribution is 5.95. The molecule has 0 saturated carbocycles. The van der Waals surface area contributed by atoms with Gasteiger partial charge in [-0.05, 0) is 24.3 Å². The lowest BCUT2D eigenvalue weighted by Gasteiger charge is -1.99. The highest BCUT2D eigenvalue weighted by Crippen LogP contribution is 2.25. The van der Waals surface area contributed by atoms with Crippen molar-refractivity contribution < 1.29 is 9.84 Å². The van der Waals surface area contributed by atoms with Crippen molar-refractivity contribution in [3.63, 3.8) is 0 Å². The molecule has 6 heteroatoms. The van der Waals surface area contributed by atoms with Crippen LogP contribution in [-0.4, -0.2) is 32.0 Å². The SMILES string of the molecule is COc1ccc2c(c1)nn1c3ccc(O)cc3nnc21. The summed E-state index contributed by atoms with van der Waals surface area (Å²) in [6, 6.07) is 10.6. The number of methoxy groups -OCH3 is 1. The fraction of sp³-hybridized carbons (Fsp3) is 0.0714. The van der Waals surface area contributed by atoms with Crippen molar-refractivity contribution in [1.29, 1.82) is 0 Å². The molecule has 98 valence electrons. The number of hydrogen-bond donors (Lipinski definition) is 1. The van der Waals surface area contributed by atoms with Gasteiger partial charge in [0.15, 0.2) is 5.65 Å². The highest BCUT2D eigenvalue weighted by atomic mass is 16.5. The molecule has 0 atom stereocenters. The number of aromatic nitrogens is 4. The minimum Gasteiger partial charge on any atom is -0.508 e. The molecule has 0 unspecified atom stereocenters. The van der Waals surface area contributed by atoms with Crippen LogP contribution in [0.3, 0.4) is 0 Å². The lowest BCUT2D eigenvalue weighted by molar-refractivity contribution is 0.415. The minimum absolute atomic E-state index is 0.157. The largest absolute Gasteiger partial charge is 0.508 e. The minimum atomic E-state index is 0.157. The Balaban J connectivity index is 2.16. The Morgan fingerprint density at radius 1 is 1.05 bits per heavy atom. The van der Waals surface area contributed by atoms with Gasteiger partial charge in [0.2, 0.25) is 0 Å². The van der Waals surface area contributed by atoms with Gasteiger partial charge in [0.1, 0.15) is 17.0 Å². The van der Waals surface area contributed by atoms with Crippen LogP contribution < -0.4 is 4.74 Å². The van der Waals surface area contributed by atoms with Crippen LogP contribution >= 0.6 is 0 Å². The normalized spacial score (nSPS) is 11.4. The third-order valence-corrected chi connectivity index (χ3v) is 3.29. The number of ether oxygens (including phenoxy) is 1. The standard InChI is InChI=1S/C14H10N4O2/c1-20-9-3-4-10-11(7-9)17-18-13-5-2-8(19)6-12(13)15-16-14(10)18/h2-7,19H,1H3. The van der Waals surface area contributed by atoms with Crippen LogP contribution in [-0.2, 0) is 0 Å². The number of phenols is 1. The molecule has 1 N–H and O–H groups in total. The molecule has 0 spiro atoms. The van der Waals surface area contributed by atoms with Gasteiger partial charge in [-0.15, -0.1) is 10.2 Å². The summed E-state index contributed by atoms with van der Waals surface area (Å²) in [6.07, 6.45) is 0. The average Bonchev–Trinajstić information content (AvgIpc) is 2.84. The first-order valence-corrected chi connectivity index (χ1v) is 6.08. The summed E-state index contributed by atoms with van der Waals surface area (Å²) in [6.45, 7) is 0. The average molecular weight is 266 g/mol. The van der Waals surface area contributed by atoms with Gasteiger partial charge in [-0.2, -0.15) is 5.10 Å². The van der Waals surface area contributed by atoms with Gasteiger partial charge in [-0.1, -0.05) is 0 Å².